The molecule has 0 saturated carbocycles. The molecule has 0 fully saturated rings. The van der Waals surface area contributed by atoms with E-state index in [2.05, 4.69) is 0 Å². The average molecular weight is 570 g/mol. The zero-order chi connectivity index (χ0) is 28.9. The number of hydroxylamine groups is 2. The molecule has 0 aliphatic rings. The van der Waals surface area contributed by atoms with Gasteiger partial charge in [0.1, 0.15) is 17.4 Å². The third kappa shape index (κ3) is 6.77. The van der Waals surface area contributed by atoms with Gasteiger partial charge in [0.25, 0.3) is 0 Å². The van der Waals surface area contributed by atoms with Crippen LogP contribution < -0.4 is 0 Å². The highest BCUT2D eigenvalue weighted by Crippen LogP contribution is 2.28. The van der Waals surface area contributed by atoms with Crippen LogP contribution in [0.2, 0.25) is 5.02 Å². The van der Waals surface area contributed by atoms with Crippen molar-refractivity contribution in [3.8, 4) is 16.9 Å². The van der Waals surface area contributed by atoms with E-state index in [4.69, 9.17) is 25.6 Å². The number of aryl methyl sites for hydroxylation is 1. The summed E-state index contributed by atoms with van der Waals surface area (Å²) in [6, 6.07) is 27.9. The fraction of sp³-hybridized carbons (Fsp3) is 0.152. The number of phenols is 1. The first kappa shape index (κ1) is 28.0. The molecule has 0 unspecified atom stereocenters. The van der Waals surface area contributed by atoms with Crippen LogP contribution in [0, 0.1) is 6.92 Å². The Bertz CT molecular complexity index is 1680. The van der Waals surface area contributed by atoms with E-state index in [1.54, 1.807) is 18.2 Å². The summed E-state index contributed by atoms with van der Waals surface area (Å²) in [5.74, 6) is -1.22. The number of nitrogens with zero attached hydrogens (tertiary/aromatic N) is 1. The van der Waals surface area contributed by atoms with Crippen molar-refractivity contribution in [1.29, 1.82) is 0 Å². The van der Waals surface area contributed by atoms with Crippen LogP contribution in [0.1, 0.15) is 27.2 Å². The summed E-state index contributed by atoms with van der Waals surface area (Å²) in [5.41, 5.74) is 5.00. The number of ether oxygens (including phenoxy) is 1. The van der Waals surface area contributed by atoms with Crippen molar-refractivity contribution in [2.45, 2.75) is 25.9 Å². The standard InChI is InChI=1S/C33H28ClNO6/c1-21-4-3-5-23(16-21)20-35(29(32(37)39-2)17-22-6-14-28(36)15-7-22)41-33(38)31-19-26-9-8-25(18-30(26)40-31)24-10-12-27(34)13-11-24/h3-16,18-19,29,36H,17,20H2,1-2H3/t29-/m0/s1. The van der Waals surface area contributed by atoms with Gasteiger partial charge in [-0.1, -0.05) is 77.8 Å². The van der Waals surface area contributed by atoms with Crippen molar-refractivity contribution in [3.63, 3.8) is 0 Å². The number of halogens is 1. The molecule has 4 aromatic carbocycles. The van der Waals surface area contributed by atoms with Crippen molar-refractivity contribution in [1.82, 2.24) is 5.06 Å². The Kier molecular flexibility index (Phi) is 8.38. The molecule has 0 aliphatic heterocycles. The maximum Gasteiger partial charge on any atom is 0.393 e. The minimum absolute atomic E-state index is 0.00394. The van der Waals surface area contributed by atoms with Crippen molar-refractivity contribution in [2.75, 3.05) is 7.11 Å². The third-order valence-corrected chi connectivity index (χ3v) is 6.96. The molecule has 0 spiro atoms. The Morgan fingerprint density at radius 1 is 0.902 bits per heavy atom. The number of esters is 1. The minimum Gasteiger partial charge on any atom is -0.508 e. The SMILES string of the molecule is COC(=O)[C@H](Cc1ccc(O)cc1)N(Cc1cccc(C)c1)OC(=O)c1cc2ccc(-c3ccc(Cl)cc3)cc2o1. The van der Waals surface area contributed by atoms with Gasteiger partial charge < -0.3 is 19.1 Å². The van der Waals surface area contributed by atoms with Gasteiger partial charge >= 0.3 is 11.9 Å². The summed E-state index contributed by atoms with van der Waals surface area (Å²) in [5, 5.41) is 12.4. The molecule has 1 aromatic heterocycles. The van der Waals surface area contributed by atoms with Crippen LogP contribution in [0.5, 0.6) is 5.75 Å². The summed E-state index contributed by atoms with van der Waals surface area (Å²) in [6.45, 7) is 2.09. The number of methoxy groups -OCH3 is 1. The smallest absolute Gasteiger partial charge is 0.393 e. The van der Waals surface area contributed by atoms with E-state index < -0.39 is 18.0 Å². The summed E-state index contributed by atoms with van der Waals surface area (Å²) in [7, 11) is 1.29. The number of carbonyl (C=O) groups is 2. The highest BCUT2D eigenvalue weighted by Gasteiger charge is 2.32. The first-order valence-corrected chi connectivity index (χ1v) is 13.4. The summed E-state index contributed by atoms with van der Waals surface area (Å²) >= 11 is 6.02. The van der Waals surface area contributed by atoms with Crippen LogP contribution in [-0.2, 0) is 27.3 Å². The Labute approximate surface area is 242 Å². The van der Waals surface area contributed by atoms with Crippen molar-refractivity contribution >= 4 is 34.5 Å². The number of rotatable bonds is 9. The molecule has 8 heteroatoms. The zero-order valence-corrected chi connectivity index (χ0v) is 23.3. The van der Waals surface area contributed by atoms with E-state index in [1.165, 1.54) is 24.3 Å². The molecular weight excluding hydrogens is 542 g/mol. The number of furan rings is 1. The van der Waals surface area contributed by atoms with E-state index in [9.17, 15) is 14.7 Å². The Morgan fingerprint density at radius 2 is 1.63 bits per heavy atom. The van der Waals surface area contributed by atoms with Gasteiger partial charge in [0, 0.05) is 16.8 Å². The number of benzene rings is 4. The van der Waals surface area contributed by atoms with Gasteiger partial charge in [-0.05, 0) is 65.6 Å². The molecule has 0 bridgehead atoms. The largest absolute Gasteiger partial charge is 0.508 e. The molecule has 0 radical (unpaired) electrons. The van der Waals surface area contributed by atoms with E-state index >= 15 is 0 Å². The Morgan fingerprint density at radius 3 is 2.34 bits per heavy atom. The van der Waals surface area contributed by atoms with Gasteiger partial charge in [0.2, 0.25) is 5.76 Å². The molecular formula is C33H28ClNO6. The number of fused-ring (bicyclic) bond motifs is 1. The molecule has 41 heavy (non-hydrogen) atoms. The molecule has 5 rings (SSSR count). The molecule has 0 aliphatic carbocycles. The molecule has 1 atom stereocenters. The van der Waals surface area contributed by atoms with Crippen molar-refractivity contribution in [3.05, 3.63) is 125 Å². The van der Waals surface area contributed by atoms with Gasteiger partial charge in [-0.15, -0.1) is 5.06 Å². The predicted molar refractivity (Wildman–Crippen MR) is 156 cm³/mol. The van der Waals surface area contributed by atoms with Crippen LogP contribution in [0.15, 0.2) is 101 Å². The fourth-order valence-electron chi connectivity index (χ4n) is 4.60. The predicted octanol–water partition coefficient (Wildman–Crippen LogP) is 7.13. The molecule has 5 aromatic rings. The minimum atomic E-state index is -0.963. The maximum absolute atomic E-state index is 13.4. The second-order valence-corrected chi connectivity index (χ2v) is 10.2. The third-order valence-electron chi connectivity index (χ3n) is 6.71. The normalized spacial score (nSPS) is 11.9. The van der Waals surface area contributed by atoms with Crippen molar-refractivity contribution < 1.29 is 28.7 Å². The molecule has 7 nitrogen and oxygen atoms in total. The number of hydrogen-bond acceptors (Lipinski definition) is 7. The number of aromatic hydroxyl groups is 1. The fourth-order valence-corrected chi connectivity index (χ4v) is 4.72. The van der Waals surface area contributed by atoms with E-state index in [0.717, 1.165) is 33.2 Å². The summed E-state index contributed by atoms with van der Waals surface area (Å²) in [6.07, 6.45) is 0.177. The second kappa shape index (κ2) is 12.3. The Balaban J connectivity index is 1.44. The summed E-state index contributed by atoms with van der Waals surface area (Å²) in [4.78, 5) is 32.3. The average Bonchev–Trinajstić information content (AvgIpc) is 3.40. The topological polar surface area (TPSA) is 89.2 Å². The molecule has 208 valence electrons. The van der Waals surface area contributed by atoms with Crippen LogP contribution >= 0.6 is 11.6 Å². The number of carbonyl (C=O) groups excluding carboxylic acids is 2. The van der Waals surface area contributed by atoms with Crippen LogP contribution in [0.25, 0.3) is 22.1 Å². The van der Waals surface area contributed by atoms with Gasteiger partial charge in [0.05, 0.1) is 13.7 Å². The monoisotopic (exact) mass is 569 g/mol. The van der Waals surface area contributed by atoms with E-state index in [-0.39, 0.29) is 24.5 Å². The number of phenolic OH excluding ortho intramolecular Hbond substituents is 1. The summed E-state index contributed by atoms with van der Waals surface area (Å²) < 4.78 is 11.0. The Hall–Kier alpha value is -4.59. The molecule has 1 N–H and O–H groups in total. The highest BCUT2D eigenvalue weighted by molar-refractivity contribution is 6.30. The van der Waals surface area contributed by atoms with Gasteiger partial charge in [0.15, 0.2) is 0 Å². The number of hydrogen-bond donors (Lipinski definition) is 1. The van der Waals surface area contributed by atoms with Crippen LogP contribution in [0.3, 0.4) is 0 Å². The quantitative estimate of drug-likeness (QED) is 0.149. The lowest BCUT2D eigenvalue weighted by Crippen LogP contribution is -2.44. The van der Waals surface area contributed by atoms with Crippen LogP contribution in [-0.4, -0.2) is 35.3 Å². The van der Waals surface area contributed by atoms with Gasteiger partial charge in [-0.25, -0.2) is 4.79 Å². The first-order valence-electron chi connectivity index (χ1n) is 13.0. The van der Waals surface area contributed by atoms with Gasteiger partial charge in [-0.2, -0.15) is 0 Å². The second-order valence-electron chi connectivity index (χ2n) is 9.72. The van der Waals surface area contributed by atoms with Gasteiger partial charge in [-0.3, -0.25) is 4.79 Å². The first-order chi connectivity index (χ1) is 19.8. The lowest BCUT2D eigenvalue weighted by Gasteiger charge is -2.28. The zero-order valence-electron chi connectivity index (χ0n) is 22.5. The lowest BCUT2D eigenvalue weighted by atomic mass is 10.0. The van der Waals surface area contributed by atoms with E-state index in [1.807, 2.05) is 73.7 Å². The van der Waals surface area contributed by atoms with Crippen molar-refractivity contribution in [2.24, 2.45) is 0 Å². The van der Waals surface area contributed by atoms with Crippen LogP contribution in [0.4, 0.5) is 0 Å². The molecule has 0 amide bonds. The molecule has 1 heterocycles. The molecule has 0 saturated heterocycles. The lowest BCUT2D eigenvalue weighted by molar-refractivity contribution is -0.178. The highest BCUT2D eigenvalue weighted by atomic mass is 35.5. The van der Waals surface area contributed by atoms with E-state index in [0.29, 0.717) is 10.6 Å². The maximum atomic E-state index is 13.4.